The van der Waals surface area contributed by atoms with Crippen LogP contribution in [0.4, 0.5) is 0 Å². The molecule has 1 heterocycles. The lowest BCUT2D eigenvalue weighted by atomic mass is 9.99. The van der Waals surface area contributed by atoms with Crippen molar-refractivity contribution in [3.05, 3.63) is 0 Å². The Morgan fingerprint density at radius 1 is 1.53 bits per heavy atom. The molecule has 1 aliphatic rings. The van der Waals surface area contributed by atoms with Crippen LogP contribution < -0.4 is 5.32 Å². The third-order valence-corrected chi connectivity index (χ3v) is 5.55. The van der Waals surface area contributed by atoms with Crippen molar-refractivity contribution in [3.63, 3.8) is 0 Å². The summed E-state index contributed by atoms with van der Waals surface area (Å²) in [5.74, 6) is 0.587. The minimum Gasteiger partial charge on any atom is -0.394 e. The molecule has 0 bridgehead atoms. The van der Waals surface area contributed by atoms with E-state index in [2.05, 4.69) is 10.2 Å². The van der Waals surface area contributed by atoms with Gasteiger partial charge in [0, 0.05) is 11.6 Å². The molecule has 1 rings (SSSR count). The van der Waals surface area contributed by atoms with E-state index in [-0.39, 0.29) is 23.9 Å². The summed E-state index contributed by atoms with van der Waals surface area (Å²) in [6, 6.07) is 0.139. The average Bonchev–Trinajstić information content (AvgIpc) is 2.66. The molecular weight excluding hydrogens is 240 g/mol. The van der Waals surface area contributed by atoms with E-state index in [9.17, 15) is 13.5 Å². The van der Waals surface area contributed by atoms with Crippen LogP contribution in [0.1, 0.15) is 19.8 Å². The van der Waals surface area contributed by atoms with Crippen molar-refractivity contribution in [1.82, 2.24) is 10.2 Å². The van der Waals surface area contributed by atoms with Crippen molar-refractivity contribution >= 4 is 9.84 Å². The molecule has 6 heteroatoms. The van der Waals surface area contributed by atoms with Gasteiger partial charge >= 0.3 is 0 Å². The lowest BCUT2D eigenvalue weighted by molar-refractivity contribution is 0.150. The van der Waals surface area contributed by atoms with E-state index in [4.69, 9.17) is 0 Å². The number of hydrogen-bond acceptors (Lipinski definition) is 5. The molecule has 0 aromatic heterocycles. The number of nitrogens with one attached hydrogen (secondary N) is 1. The maximum absolute atomic E-state index is 11.4. The van der Waals surface area contributed by atoms with Gasteiger partial charge in [0.2, 0.25) is 0 Å². The van der Waals surface area contributed by atoms with Crippen LogP contribution in [0.15, 0.2) is 0 Å². The fourth-order valence-corrected chi connectivity index (χ4v) is 3.82. The first-order valence-corrected chi connectivity index (χ1v) is 7.84. The fraction of sp³-hybridized carbons (Fsp3) is 1.00. The summed E-state index contributed by atoms with van der Waals surface area (Å²) in [5, 5.41) is 12.4. The van der Waals surface area contributed by atoms with Crippen LogP contribution in [0, 0.1) is 0 Å². The van der Waals surface area contributed by atoms with Crippen LogP contribution in [0.3, 0.4) is 0 Å². The van der Waals surface area contributed by atoms with Crippen molar-refractivity contribution in [3.8, 4) is 0 Å². The molecule has 5 nitrogen and oxygen atoms in total. The molecule has 0 radical (unpaired) electrons. The topological polar surface area (TPSA) is 69.6 Å². The molecule has 0 aliphatic carbocycles. The molecular formula is C11H24N2O3S. The molecule has 17 heavy (non-hydrogen) atoms. The van der Waals surface area contributed by atoms with E-state index < -0.39 is 9.84 Å². The van der Waals surface area contributed by atoms with Gasteiger partial charge in [0.15, 0.2) is 9.84 Å². The summed E-state index contributed by atoms with van der Waals surface area (Å²) in [4.78, 5) is 2.09. The highest BCUT2D eigenvalue weighted by Gasteiger charge is 2.31. The van der Waals surface area contributed by atoms with Gasteiger partial charge in [0.05, 0.1) is 18.1 Å². The van der Waals surface area contributed by atoms with Gasteiger partial charge in [-0.25, -0.2) is 8.42 Å². The second-order valence-electron chi connectivity index (χ2n) is 5.26. The Bertz CT molecular complexity index is 339. The summed E-state index contributed by atoms with van der Waals surface area (Å²) in [7, 11) is 0.975. The molecule has 0 spiro atoms. The van der Waals surface area contributed by atoms with E-state index in [0.717, 1.165) is 19.4 Å². The monoisotopic (exact) mass is 264 g/mol. The molecule has 0 aromatic rings. The van der Waals surface area contributed by atoms with Crippen LogP contribution in [0.25, 0.3) is 0 Å². The highest BCUT2D eigenvalue weighted by molar-refractivity contribution is 7.91. The molecule has 1 aliphatic heterocycles. The Hall–Kier alpha value is -0.170. The normalized spacial score (nSPS) is 27.2. The number of sulfone groups is 1. The first kappa shape index (κ1) is 14.9. The molecule has 1 saturated heterocycles. The van der Waals surface area contributed by atoms with Crippen molar-refractivity contribution in [2.75, 3.05) is 38.8 Å². The van der Waals surface area contributed by atoms with Gasteiger partial charge in [0.25, 0.3) is 0 Å². The Kier molecular flexibility index (Phi) is 4.95. The lowest BCUT2D eigenvalue weighted by Crippen LogP contribution is -2.47. The summed E-state index contributed by atoms with van der Waals surface area (Å²) in [6.07, 6.45) is 1.53. The first-order chi connectivity index (χ1) is 7.82. The minimum atomic E-state index is -2.81. The van der Waals surface area contributed by atoms with Crippen LogP contribution in [-0.2, 0) is 9.84 Å². The fourth-order valence-electron chi connectivity index (χ4n) is 2.01. The molecule has 1 fully saturated rings. The standard InChI is InChI=1S/C11H24N2O3S/c1-11(9-14,12-2)5-6-13(3)10-4-7-17(15,16)8-10/h10,12,14H,4-9H2,1-3H3. The van der Waals surface area contributed by atoms with E-state index in [1.807, 2.05) is 21.0 Å². The second-order valence-corrected chi connectivity index (χ2v) is 7.48. The maximum atomic E-state index is 11.4. The molecule has 0 amide bonds. The minimum absolute atomic E-state index is 0.0836. The first-order valence-electron chi connectivity index (χ1n) is 6.02. The van der Waals surface area contributed by atoms with E-state index in [0.29, 0.717) is 5.75 Å². The Balaban J connectivity index is 2.43. The highest BCUT2D eigenvalue weighted by atomic mass is 32.2. The van der Waals surface area contributed by atoms with E-state index >= 15 is 0 Å². The van der Waals surface area contributed by atoms with Gasteiger partial charge < -0.3 is 15.3 Å². The second kappa shape index (κ2) is 5.65. The Morgan fingerprint density at radius 2 is 2.18 bits per heavy atom. The van der Waals surface area contributed by atoms with E-state index in [1.54, 1.807) is 0 Å². The highest BCUT2D eigenvalue weighted by Crippen LogP contribution is 2.18. The van der Waals surface area contributed by atoms with Crippen LogP contribution in [-0.4, -0.2) is 68.8 Å². The predicted molar refractivity (Wildman–Crippen MR) is 68.9 cm³/mol. The number of likely N-dealkylation sites (N-methyl/N-ethyl adjacent to an activating group) is 1. The van der Waals surface area contributed by atoms with Gasteiger partial charge in [-0.1, -0.05) is 0 Å². The SMILES string of the molecule is CNC(C)(CO)CCN(C)C1CCS(=O)(=O)C1. The van der Waals surface area contributed by atoms with Crippen molar-refractivity contribution in [2.24, 2.45) is 0 Å². The molecule has 2 N–H and O–H groups in total. The number of nitrogens with zero attached hydrogens (tertiary/aromatic N) is 1. The number of aliphatic hydroxyl groups excluding tert-OH is 1. The van der Waals surface area contributed by atoms with Crippen LogP contribution in [0.2, 0.25) is 0 Å². The Morgan fingerprint density at radius 3 is 2.59 bits per heavy atom. The summed E-state index contributed by atoms with van der Waals surface area (Å²) in [5.41, 5.74) is -0.286. The number of aliphatic hydroxyl groups is 1. The zero-order valence-electron chi connectivity index (χ0n) is 10.9. The molecule has 102 valence electrons. The van der Waals surface area contributed by atoms with Gasteiger partial charge in [0.1, 0.15) is 0 Å². The smallest absolute Gasteiger partial charge is 0.151 e. The Labute approximate surface area is 104 Å². The van der Waals surface area contributed by atoms with Crippen molar-refractivity contribution in [1.29, 1.82) is 0 Å². The lowest BCUT2D eigenvalue weighted by Gasteiger charge is -2.31. The van der Waals surface area contributed by atoms with Crippen LogP contribution in [0.5, 0.6) is 0 Å². The largest absolute Gasteiger partial charge is 0.394 e. The molecule has 0 saturated carbocycles. The zero-order valence-corrected chi connectivity index (χ0v) is 11.8. The summed E-state index contributed by atoms with van der Waals surface area (Å²) < 4.78 is 22.8. The molecule has 0 aromatic carbocycles. The van der Waals surface area contributed by atoms with Gasteiger partial charge in [-0.3, -0.25) is 0 Å². The summed E-state index contributed by atoms with van der Waals surface area (Å²) in [6.45, 7) is 2.84. The van der Waals surface area contributed by atoms with Gasteiger partial charge in [-0.15, -0.1) is 0 Å². The van der Waals surface area contributed by atoms with Crippen molar-refractivity contribution < 1.29 is 13.5 Å². The van der Waals surface area contributed by atoms with Gasteiger partial charge in [-0.05, 0) is 40.4 Å². The zero-order chi connectivity index (χ0) is 13.1. The van der Waals surface area contributed by atoms with Crippen LogP contribution >= 0.6 is 0 Å². The third-order valence-electron chi connectivity index (χ3n) is 3.80. The summed E-state index contributed by atoms with van der Waals surface area (Å²) >= 11 is 0. The number of hydrogen-bond donors (Lipinski definition) is 2. The van der Waals surface area contributed by atoms with E-state index in [1.165, 1.54) is 0 Å². The predicted octanol–water partition coefficient (Wildman–Crippen LogP) is -0.534. The molecule has 2 unspecified atom stereocenters. The number of rotatable bonds is 6. The third kappa shape index (κ3) is 4.21. The van der Waals surface area contributed by atoms with Crippen molar-refractivity contribution in [2.45, 2.75) is 31.3 Å². The van der Waals surface area contributed by atoms with Gasteiger partial charge in [-0.2, -0.15) is 0 Å². The molecule has 2 atom stereocenters. The quantitative estimate of drug-likeness (QED) is 0.675. The maximum Gasteiger partial charge on any atom is 0.151 e. The average molecular weight is 264 g/mol.